The van der Waals surface area contributed by atoms with Crippen LogP contribution >= 0.6 is 0 Å². The third kappa shape index (κ3) is 2.88. The molecule has 0 bridgehead atoms. The number of rotatable bonds is 4. The SMILES string of the molecule is Cc1nn(C)c(C)c1CN(C(=O)c1ccc2nccnc2c1)C1CC1. The summed E-state index contributed by atoms with van der Waals surface area (Å²) in [6.07, 6.45) is 5.45. The van der Waals surface area contributed by atoms with Crippen LogP contribution in [0.2, 0.25) is 0 Å². The average Bonchev–Trinajstić information content (AvgIpc) is 3.42. The first-order valence-electron chi connectivity index (χ1n) is 8.55. The zero-order valence-electron chi connectivity index (χ0n) is 14.7. The van der Waals surface area contributed by atoms with E-state index in [0.29, 0.717) is 18.2 Å². The van der Waals surface area contributed by atoms with Crippen LogP contribution in [0.4, 0.5) is 0 Å². The highest BCUT2D eigenvalue weighted by Crippen LogP contribution is 2.31. The molecule has 1 saturated carbocycles. The molecule has 6 nitrogen and oxygen atoms in total. The Balaban J connectivity index is 1.66. The fourth-order valence-electron chi connectivity index (χ4n) is 3.23. The van der Waals surface area contributed by atoms with Crippen LogP contribution in [0, 0.1) is 13.8 Å². The van der Waals surface area contributed by atoms with Crippen LogP contribution in [0.3, 0.4) is 0 Å². The first-order chi connectivity index (χ1) is 12.0. The Morgan fingerprint density at radius 3 is 2.56 bits per heavy atom. The lowest BCUT2D eigenvalue weighted by Gasteiger charge is -2.23. The Morgan fingerprint density at radius 2 is 1.92 bits per heavy atom. The third-order valence-electron chi connectivity index (χ3n) is 4.95. The van der Waals surface area contributed by atoms with Gasteiger partial charge < -0.3 is 4.90 Å². The summed E-state index contributed by atoms with van der Waals surface area (Å²) in [5.41, 5.74) is 5.46. The molecule has 25 heavy (non-hydrogen) atoms. The lowest BCUT2D eigenvalue weighted by molar-refractivity contribution is 0.0729. The fraction of sp³-hybridized carbons (Fsp3) is 0.368. The molecule has 128 valence electrons. The van der Waals surface area contributed by atoms with Crippen LogP contribution in [-0.4, -0.2) is 36.6 Å². The molecule has 1 aliphatic carbocycles. The second kappa shape index (κ2) is 5.95. The monoisotopic (exact) mass is 335 g/mol. The van der Waals surface area contributed by atoms with Crippen molar-refractivity contribution in [3.8, 4) is 0 Å². The number of carbonyl (C=O) groups excluding carboxylic acids is 1. The quantitative estimate of drug-likeness (QED) is 0.735. The molecule has 0 aliphatic heterocycles. The van der Waals surface area contributed by atoms with Crippen LogP contribution in [0.15, 0.2) is 30.6 Å². The molecule has 0 N–H and O–H groups in total. The summed E-state index contributed by atoms with van der Waals surface area (Å²) in [7, 11) is 1.94. The molecule has 2 aromatic heterocycles. The van der Waals surface area contributed by atoms with E-state index < -0.39 is 0 Å². The Hall–Kier alpha value is -2.76. The van der Waals surface area contributed by atoms with Gasteiger partial charge in [0.15, 0.2) is 0 Å². The van der Waals surface area contributed by atoms with Gasteiger partial charge >= 0.3 is 0 Å². The minimum Gasteiger partial charge on any atom is -0.331 e. The van der Waals surface area contributed by atoms with Gasteiger partial charge in [0.2, 0.25) is 0 Å². The van der Waals surface area contributed by atoms with Gasteiger partial charge in [-0.25, -0.2) is 0 Å². The van der Waals surface area contributed by atoms with Crippen LogP contribution in [-0.2, 0) is 13.6 Å². The summed E-state index contributed by atoms with van der Waals surface area (Å²) in [6, 6.07) is 5.87. The highest BCUT2D eigenvalue weighted by molar-refractivity contribution is 5.97. The molecule has 1 amide bonds. The van der Waals surface area contributed by atoms with Gasteiger partial charge in [0, 0.05) is 48.8 Å². The number of fused-ring (bicyclic) bond motifs is 1. The van der Waals surface area contributed by atoms with E-state index in [1.54, 1.807) is 12.4 Å². The van der Waals surface area contributed by atoms with Crippen molar-refractivity contribution in [3.63, 3.8) is 0 Å². The van der Waals surface area contributed by atoms with Gasteiger partial charge in [0.25, 0.3) is 5.91 Å². The highest BCUT2D eigenvalue weighted by Gasteiger charge is 2.34. The maximum Gasteiger partial charge on any atom is 0.254 e. The highest BCUT2D eigenvalue weighted by atomic mass is 16.2. The van der Waals surface area contributed by atoms with Crippen LogP contribution < -0.4 is 0 Å². The van der Waals surface area contributed by atoms with Crippen LogP contribution in [0.5, 0.6) is 0 Å². The van der Waals surface area contributed by atoms with Crippen LogP contribution in [0.25, 0.3) is 11.0 Å². The third-order valence-corrected chi connectivity index (χ3v) is 4.95. The summed E-state index contributed by atoms with van der Waals surface area (Å²) in [5, 5.41) is 4.48. The van der Waals surface area contributed by atoms with Crippen molar-refractivity contribution in [1.82, 2.24) is 24.6 Å². The molecule has 0 saturated heterocycles. The van der Waals surface area contributed by atoms with Gasteiger partial charge in [0.05, 0.1) is 16.7 Å². The second-order valence-electron chi connectivity index (χ2n) is 6.70. The number of hydrogen-bond donors (Lipinski definition) is 0. The van der Waals surface area contributed by atoms with Crippen molar-refractivity contribution in [1.29, 1.82) is 0 Å². The van der Waals surface area contributed by atoms with Gasteiger partial charge in [-0.1, -0.05) is 0 Å². The number of nitrogens with zero attached hydrogens (tertiary/aromatic N) is 5. The summed E-state index contributed by atoms with van der Waals surface area (Å²) in [4.78, 5) is 23.7. The van der Waals surface area contributed by atoms with Gasteiger partial charge in [-0.2, -0.15) is 5.10 Å². The van der Waals surface area contributed by atoms with E-state index in [9.17, 15) is 4.79 Å². The zero-order valence-corrected chi connectivity index (χ0v) is 14.7. The smallest absolute Gasteiger partial charge is 0.254 e. The summed E-state index contributed by atoms with van der Waals surface area (Å²) < 4.78 is 1.88. The molecule has 4 rings (SSSR count). The van der Waals surface area contributed by atoms with Crippen molar-refractivity contribution in [2.75, 3.05) is 0 Å². The van der Waals surface area contributed by atoms with Gasteiger partial charge in [-0.05, 0) is 44.9 Å². The normalized spacial score (nSPS) is 14.0. The van der Waals surface area contributed by atoms with E-state index in [0.717, 1.165) is 40.8 Å². The maximum atomic E-state index is 13.2. The molecule has 1 fully saturated rings. The number of aromatic nitrogens is 4. The molecule has 0 spiro atoms. The fourth-order valence-corrected chi connectivity index (χ4v) is 3.23. The number of benzene rings is 1. The molecular weight excluding hydrogens is 314 g/mol. The van der Waals surface area contributed by atoms with E-state index in [2.05, 4.69) is 22.0 Å². The molecule has 3 aromatic rings. The van der Waals surface area contributed by atoms with E-state index in [-0.39, 0.29) is 5.91 Å². The molecule has 1 aromatic carbocycles. The van der Waals surface area contributed by atoms with Crippen molar-refractivity contribution in [2.45, 2.75) is 39.3 Å². The predicted octanol–water partition coefficient (Wildman–Crippen LogP) is 2.78. The Kier molecular flexibility index (Phi) is 3.75. The van der Waals surface area contributed by atoms with E-state index >= 15 is 0 Å². The number of hydrogen-bond acceptors (Lipinski definition) is 4. The lowest BCUT2D eigenvalue weighted by Crippen LogP contribution is -2.33. The van der Waals surface area contributed by atoms with Crippen molar-refractivity contribution in [3.05, 3.63) is 53.1 Å². The topological polar surface area (TPSA) is 63.9 Å². The number of aryl methyl sites for hydroxylation is 2. The van der Waals surface area contributed by atoms with Crippen molar-refractivity contribution in [2.24, 2.45) is 7.05 Å². The van der Waals surface area contributed by atoms with E-state index in [1.807, 2.05) is 41.8 Å². The molecule has 1 aliphatic rings. The molecule has 2 heterocycles. The minimum atomic E-state index is 0.0534. The molecular formula is C19H21N5O. The molecule has 0 radical (unpaired) electrons. The Bertz CT molecular complexity index is 958. The lowest BCUT2D eigenvalue weighted by atomic mass is 10.1. The summed E-state index contributed by atoms with van der Waals surface area (Å²) >= 11 is 0. The Morgan fingerprint density at radius 1 is 1.20 bits per heavy atom. The zero-order chi connectivity index (χ0) is 17.6. The first kappa shape index (κ1) is 15.7. The number of carbonyl (C=O) groups is 1. The Labute approximate surface area is 146 Å². The molecule has 0 unspecified atom stereocenters. The maximum absolute atomic E-state index is 13.2. The average molecular weight is 335 g/mol. The summed E-state index contributed by atoms with van der Waals surface area (Å²) in [5.74, 6) is 0.0534. The minimum absolute atomic E-state index is 0.0534. The van der Waals surface area contributed by atoms with E-state index in [4.69, 9.17) is 0 Å². The largest absolute Gasteiger partial charge is 0.331 e. The molecule has 0 atom stereocenters. The van der Waals surface area contributed by atoms with Crippen molar-refractivity contribution < 1.29 is 4.79 Å². The molecule has 6 heteroatoms. The standard InChI is InChI=1S/C19H21N5O/c1-12-16(13(2)23(3)22-12)11-24(15-5-6-15)19(25)14-4-7-17-18(10-14)21-9-8-20-17/h4,7-10,15H,5-6,11H2,1-3H3. The van der Waals surface area contributed by atoms with Gasteiger partial charge in [-0.15, -0.1) is 0 Å². The summed E-state index contributed by atoms with van der Waals surface area (Å²) in [6.45, 7) is 4.66. The van der Waals surface area contributed by atoms with Crippen LogP contribution in [0.1, 0.15) is 40.2 Å². The van der Waals surface area contributed by atoms with E-state index in [1.165, 1.54) is 0 Å². The van der Waals surface area contributed by atoms with Gasteiger partial charge in [0.1, 0.15) is 0 Å². The second-order valence-corrected chi connectivity index (χ2v) is 6.70. The van der Waals surface area contributed by atoms with Gasteiger partial charge in [-0.3, -0.25) is 19.4 Å². The first-order valence-corrected chi connectivity index (χ1v) is 8.55. The predicted molar refractivity (Wildman–Crippen MR) is 95.1 cm³/mol. The number of amides is 1. The van der Waals surface area contributed by atoms with Crippen molar-refractivity contribution >= 4 is 16.9 Å².